The van der Waals surface area contributed by atoms with E-state index < -0.39 is 0 Å². The van der Waals surface area contributed by atoms with Crippen LogP contribution < -0.4 is 5.32 Å². The van der Waals surface area contributed by atoms with Crippen molar-refractivity contribution < 1.29 is 9.90 Å². The van der Waals surface area contributed by atoms with E-state index in [4.69, 9.17) is 5.11 Å². The van der Waals surface area contributed by atoms with E-state index in [1.807, 2.05) is 18.2 Å². The summed E-state index contributed by atoms with van der Waals surface area (Å²) in [6.45, 7) is 1.03. The summed E-state index contributed by atoms with van der Waals surface area (Å²) in [5.41, 5.74) is 1.32. The Morgan fingerprint density at radius 3 is 2.50 bits per heavy atom. The highest BCUT2D eigenvalue weighted by atomic mass is 16.3. The molecular weight excluding hydrogens is 250 g/mol. The number of carbonyl (C=O) groups is 1. The number of rotatable bonds is 6. The molecule has 0 saturated heterocycles. The van der Waals surface area contributed by atoms with Crippen molar-refractivity contribution in [2.24, 2.45) is 11.8 Å². The number of nitrogens with one attached hydrogen (secondary N) is 1. The van der Waals surface area contributed by atoms with Gasteiger partial charge in [-0.15, -0.1) is 0 Å². The highest BCUT2D eigenvalue weighted by Crippen LogP contribution is 2.28. The summed E-state index contributed by atoms with van der Waals surface area (Å²) in [6, 6.07) is 10.4. The monoisotopic (exact) mass is 275 g/mol. The van der Waals surface area contributed by atoms with Crippen molar-refractivity contribution in [3.05, 3.63) is 35.9 Å². The molecule has 20 heavy (non-hydrogen) atoms. The number of benzene rings is 1. The summed E-state index contributed by atoms with van der Waals surface area (Å²) in [5, 5.41) is 12.2. The molecule has 1 aliphatic rings. The van der Waals surface area contributed by atoms with Gasteiger partial charge < -0.3 is 10.4 Å². The van der Waals surface area contributed by atoms with Gasteiger partial charge in [-0.2, -0.15) is 0 Å². The fourth-order valence-electron chi connectivity index (χ4n) is 2.90. The van der Waals surface area contributed by atoms with Gasteiger partial charge in [0.15, 0.2) is 0 Å². The van der Waals surface area contributed by atoms with Crippen LogP contribution in [-0.4, -0.2) is 24.2 Å². The second-order valence-electron chi connectivity index (χ2n) is 5.78. The molecule has 110 valence electrons. The Balaban J connectivity index is 1.61. The van der Waals surface area contributed by atoms with E-state index in [0.29, 0.717) is 5.92 Å². The minimum atomic E-state index is 0.162. The quantitative estimate of drug-likeness (QED) is 0.784. The van der Waals surface area contributed by atoms with E-state index in [1.165, 1.54) is 5.56 Å². The van der Waals surface area contributed by atoms with Crippen molar-refractivity contribution >= 4 is 5.91 Å². The standard InChI is InChI=1S/C17H25NO2/c19-13-15-8-10-16(11-9-15)17(20)18-12-4-7-14-5-2-1-3-6-14/h1-3,5-6,15-16,19H,4,7-13H2,(H,18,20). The third-order valence-electron chi connectivity index (χ3n) is 4.26. The molecule has 0 bridgehead atoms. The Morgan fingerprint density at radius 2 is 1.85 bits per heavy atom. The van der Waals surface area contributed by atoms with Crippen LogP contribution in [0.4, 0.5) is 0 Å². The number of amides is 1. The molecule has 0 heterocycles. The molecule has 2 N–H and O–H groups in total. The molecule has 0 unspecified atom stereocenters. The van der Waals surface area contributed by atoms with Crippen LogP contribution in [0.25, 0.3) is 0 Å². The molecule has 3 heteroatoms. The lowest BCUT2D eigenvalue weighted by Crippen LogP contribution is -2.34. The maximum atomic E-state index is 12.0. The van der Waals surface area contributed by atoms with Gasteiger partial charge in [0.05, 0.1) is 0 Å². The maximum absolute atomic E-state index is 12.0. The molecule has 1 fully saturated rings. The number of hydrogen-bond donors (Lipinski definition) is 2. The van der Waals surface area contributed by atoms with Gasteiger partial charge in [-0.3, -0.25) is 4.79 Å². The number of aryl methyl sites for hydroxylation is 1. The van der Waals surface area contributed by atoms with Crippen molar-refractivity contribution in [3.63, 3.8) is 0 Å². The molecule has 1 aliphatic carbocycles. The van der Waals surface area contributed by atoms with E-state index in [9.17, 15) is 4.79 Å². The van der Waals surface area contributed by atoms with Crippen LogP contribution in [0.15, 0.2) is 30.3 Å². The first-order chi connectivity index (χ1) is 9.79. The van der Waals surface area contributed by atoms with Gasteiger partial charge in [-0.25, -0.2) is 0 Å². The van der Waals surface area contributed by atoms with Crippen LogP contribution in [0.2, 0.25) is 0 Å². The molecule has 0 spiro atoms. The van der Waals surface area contributed by atoms with Crippen molar-refractivity contribution in [3.8, 4) is 0 Å². The smallest absolute Gasteiger partial charge is 0.223 e. The second-order valence-corrected chi connectivity index (χ2v) is 5.78. The molecule has 3 nitrogen and oxygen atoms in total. The third kappa shape index (κ3) is 4.64. The highest BCUT2D eigenvalue weighted by molar-refractivity contribution is 5.78. The molecule has 2 rings (SSSR count). The topological polar surface area (TPSA) is 49.3 Å². The van der Waals surface area contributed by atoms with Gasteiger partial charge in [-0.05, 0) is 50.0 Å². The maximum Gasteiger partial charge on any atom is 0.223 e. The van der Waals surface area contributed by atoms with Gasteiger partial charge in [0.25, 0.3) is 0 Å². The van der Waals surface area contributed by atoms with Crippen LogP contribution in [-0.2, 0) is 11.2 Å². The average Bonchev–Trinajstić information content (AvgIpc) is 2.52. The zero-order valence-electron chi connectivity index (χ0n) is 12.1. The van der Waals surface area contributed by atoms with Crippen LogP contribution in [0.3, 0.4) is 0 Å². The Labute approximate surface area is 121 Å². The fourth-order valence-corrected chi connectivity index (χ4v) is 2.90. The van der Waals surface area contributed by atoms with Crippen molar-refractivity contribution in [1.82, 2.24) is 5.32 Å². The summed E-state index contributed by atoms with van der Waals surface area (Å²) in [7, 11) is 0. The van der Waals surface area contributed by atoms with E-state index in [-0.39, 0.29) is 18.4 Å². The largest absolute Gasteiger partial charge is 0.396 e. The first-order valence-corrected chi connectivity index (χ1v) is 7.72. The Kier molecular flexibility index (Phi) is 6.06. The van der Waals surface area contributed by atoms with E-state index in [2.05, 4.69) is 17.4 Å². The van der Waals surface area contributed by atoms with Crippen molar-refractivity contribution in [2.75, 3.05) is 13.2 Å². The predicted molar refractivity (Wildman–Crippen MR) is 80.3 cm³/mol. The third-order valence-corrected chi connectivity index (χ3v) is 4.26. The van der Waals surface area contributed by atoms with Gasteiger partial charge in [0, 0.05) is 19.1 Å². The molecule has 0 aromatic heterocycles. The fraction of sp³-hybridized carbons (Fsp3) is 0.588. The molecule has 1 saturated carbocycles. The first-order valence-electron chi connectivity index (χ1n) is 7.72. The van der Waals surface area contributed by atoms with E-state index >= 15 is 0 Å². The molecular formula is C17H25NO2. The second kappa shape index (κ2) is 8.05. The molecule has 0 radical (unpaired) electrons. The normalized spacial score (nSPS) is 22.4. The lowest BCUT2D eigenvalue weighted by atomic mass is 9.82. The van der Waals surface area contributed by atoms with E-state index in [0.717, 1.165) is 45.1 Å². The number of hydrogen-bond acceptors (Lipinski definition) is 2. The SMILES string of the molecule is O=C(NCCCc1ccccc1)C1CCC(CO)CC1. The lowest BCUT2D eigenvalue weighted by molar-refractivity contribution is -0.126. The van der Waals surface area contributed by atoms with E-state index in [1.54, 1.807) is 0 Å². The van der Waals surface area contributed by atoms with Crippen LogP contribution in [0.5, 0.6) is 0 Å². The molecule has 0 atom stereocenters. The predicted octanol–water partition coefficient (Wildman–Crippen LogP) is 2.53. The Morgan fingerprint density at radius 1 is 1.15 bits per heavy atom. The average molecular weight is 275 g/mol. The van der Waals surface area contributed by atoms with Crippen molar-refractivity contribution in [2.45, 2.75) is 38.5 Å². The summed E-state index contributed by atoms with van der Waals surface area (Å²) in [5.74, 6) is 0.779. The number of aliphatic hydroxyl groups is 1. The molecule has 1 aromatic rings. The summed E-state index contributed by atoms with van der Waals surface area (Å²) < 4.78 is 0. The van der Waals surface area contributed by atoms with Gasteiger partial charge in [0.2, 0.25) is 5.91 Å². The zero-order chi connectivity index (χ0) is 14.2. The van der Waals surface area contributed by atoms with Crippen LogP contribution in [0.1, 0.15) is 37.7 Å². The van der Waals surface area contributed by atoms with Crippen molar-refractivity contribution in [1.29, 1.82) is 0 Å². The summed E-state index contributed by atoms with van der Waals surface area (Å²) in [4.78, 5) is 12.0. The summed E-state index contributed by atoms with van der Waals surface area (Å²) in [6.07, 6.45) is 5.82. The molecule has 1 amide bonds. The van der Waals surface area contributed by atoms with Crippen LogP contribution >= 0.6 is 0 Å². The van der Waals surface area contributed by atoms with Gasteiger partial charge >= 0.3 is 0 Å². The molecule has 1 aromatic carbocycles. The number of carbonyl (C=O) groups excluding carboxylic acids is 1. The lowest BCUT2D eigenvalue weighted by Gasteiger charge is -2.26. The summed E-state index contributed by atoms with van der Waals surface area (Å²) >= 11 is 0. The zero-order valence-corrected chi connectivity index (χ0v) is 12.1. The van der Waals surface area contributed by atoms with Gasteiger partial charge in [0.1, 0.15) is 0 Å². The Hall–Kier alpha value is -1.35. The van der Waals surface area contributed by atoms with Crippen LogP contribution in [0, 0.1) is 11.8 Å². The Bertz CT molecular complexity index is 397. The number of aliphatic hydroxyl groups excluding tert-OH is 1. The molecule has 0 aliphatic heterocycles. The van der Waals surface area contributed by atoms with Gasteiger partial charge in [-0.1, -0.05) is 30.3 Å². The highest BCUT2D eigenvalue weighted by Gasteiger charge is 2.25. The minimum absolute atomic E-state index is 0.162. The first kappa shape index (κ1) is 15.0. The minimum Gasteiger partial charge on any atom is -0.396 e.